The van der Waals surface area contributed by atoms with Crippen LogP contribution in [0.5, 0.6) is 0 Å². The van der Waals surface area contributed by atoms with E-state index in [1.54, 1.807) is 0 Å². The zero-order chi connectivity index (χ0) is 16.1. The number of guanidine groups is 1. The molecule has 0 unspecified atom stereocenters. The summed E-state index contributed by atoms with van der Waals surface area (Å²) in [4.78, 5) is 4.67. The van der Waals surface area contributed by atoms with Gasteiger partial charge in [-0.05, 0) is 57.9 Å². The number of hydrogen-bond acceptors (Lipinski definition) is 1. The summed E-state index contributed by atoms with van der Waals surface area (Å²) in [6.45, 7) is 10.5. The van der Waals surface area contributed by atoms with Crippen molar-refractivity contribution in [3.63, 3.8) is 0 Å². The first-order valence-corrected chi connectivity index (χ1v) is 7.70. The Morgan fingerprint density at radius 1 is 0.909 bits per heavy atom. The second-order valence-electron chi connectivity index (χ2n) is 5.96. The summed E-state index contributed by atoms with van der Waals surface area (Å²) in [5.74, 6) is 0.774. The van der Waals surface area contributed by atoms with Gasteiger partial charge in [-0.3, -0.25) is 0 Å². The largest absolute Gasteiger partial charge is 0.326 e. The van der Waals surface area contributed by atoms with Gasteiger partial charge in [0.25, 0.3) is 0 Å². The first-order valence-electron chi connectivity index (χ1n) is 7.70. The van der Waals surface area contributed by atoms with Crippen LogP contribution in [0, 0.1) is 20.8 Å². The van der Waals surface area contributed by atoms with Gasteiger partial charge in [-0.25, -0.2) is 4.99 Å². The zero-order valence-corrected chi connectivity index (χ0v) is 14.1. The molecule has 22 heavy (non-hydrogen) atoms. The molecule has 0 aromatic heterocycles. The summed E-state index contributed by atoms with van der Waals surface area (Å²) in [6.07, 6.45) is 0. The predicted octanol–water partition coefficient (Wildman–Crippen LogP) is 4.90. The maximum atomic E-state index is 4.67. The number of nitrogens with one attached hydrogen (secondary N) is 2. The molecule has 0 radical (unpaired) electrons. The van der Waals surface area contributed by atoms with Gasteiger partial charge in [-0.1, -0.05) is 35.9 Å². The summed E-state index contributed by atoms with van der Waals surface area (Å²) >= 11 is 0. The smallest absolute Gasteiger partial charge is 0.200 e. The molecule has 0 heterocycles. The standard InChI is InChI=1S/C19H25N3/c1-13(2)20-19(21-17-9-7-6-8-10-17)22-18-15(4)11-14(3)12-16(18)5/h6-13H,1-5H3,(H2,20,21,22). The molecule has 0 spiro atoms. The molecule has 2 N–H and O–H groups in total. The van der Waals surface area contributed by atoms with Gasteiger partial charge in [0.05, 0.1) is 0 Å². The van der Waals surface area contributed by atoms with Crippen LogP contribution in [0.25, 0.3) is 0 Å². The van der Waals surface area contributed by atoms with Crippen LogP contribution in [0.15, 0.2) is 47.5 Å². The molecule has 0 saturated carbocycles. The lowest BCUT2D eigenvalue weighted by Crippen LogP contribution is -2.24. The average molecular weight is 295 g/mol. The molecule has 2 aromatic rings. The van der Waals surface area contributed by atoms with E-state index < -0.39 is 0 Å². The van der Waals surface area contributed by atoms with Gasteiger partial charge < -0.3 is 10.6 Å². The average Bonchev–Trinajstić information content (AvgIpc) is 2.43. The van der Waals surface area contributed by atoms with Gasteiger partial charge in [0.1, 0.15) is 0 Å². The maximum absolute atomic E-state index is 4.67. The monoisotopic (exact) mass is 295 g/mol. The van der Waals surface area contributed by atoms with E-state index in [4.69, 9.17) is 0 Å². The van der Waals surface area contributed by atoms with Crippen LogP contribution in [-0.4, -0.2) is 12.0 Å². The Morgan fingerprint density at radius 2 is 1.50 bits per heavy atom. The van der Waals surface area contributed by atoms with Gasteiger partial charge >= 0.3 is 0 Å². The molecule has 116 valence electrons. The second-order valence-corrected chi connectivity index (χ2v) is 5.96. The minimum absolute atomic E-state index is 0.213. The Labute approximate surface area is 133 Å². The van der Waals surface area contributed by atoms with Gasteiger partial charge in [0.2, 0.25) is 5.96 Å². The van der Waals surface area contributed by atoms with Crippen molar-refractivity contribution in [2.45, 2.75) is 40.7 Å². The third kappa shape index (κ3) is 4.35. The minimum atomic E-state index is 0.213. The number of nitrogens with zero attached hydrogens (tertiary/aromatic N) is 1. The van der Waals surface area contributed by atoms with E-state index in [9.17, 15) is 0 Å². The van der Waals surface area contributed by atoms with Crippen LogP contribution in [0.1, 0.15) is 30.5 Å². The van der Waals surface area contributed by atoms with E-state index >= 15 is 0 Å². The lowest BCUT2D eigenvalue weighted by Gasteiger charge is -2.18. The van der Waals surface area contributed by atoms with Gasteiger partial charge in [0.15, 0.2) is 0 Å². The quantitative estimate of drug-likeness (QED) is 0.624. The molecular weight excluding hydrogens is 270 g/mol. The highest BCUT2D eigenvalue weighted by Crippen LogP contribution is 2.22. The van der Waals surface area contributed by atoms with Crippen LogP contribution in [0.2, 0.25) is 0 Å². The highest BCUT2D eigenvalue weighted by molar-refractivity contribution is 6.04. The number of aliphatic imine (C=N–C) groups is 1. The summed E-state index contributed by atoms with van der Waals surface area (Å²) in [6, 6.07) is 14.7. The first-order chi connectivity index (χ1) is 10.5. The van der Waals surface area contributed by atoms with Crippen molar-refractivity contribution in [2.24, 2.45) is 4.99 Å². The Morgan fingerprint density at radius 3 is 2.05 bits per heavy atom. The van der Waals surface area contributed by atoms with Crippen LogP contribution in [0.3, 0.4) is 0 Å². The van der Waals surface area contributed by atoms with Crippen LogP contribution in [0.4, 0.5) is 11.4 Å². The van der Waals surface area contributed by atoms with Crippen molar-refractivity contribution in [1.82, 2.24) is 0 Å². The molecule has 0 aliphatic carbocycles. The zero-order valence-electron chi connectivity index (χ0n) is 14.1. The lowest BCUT2D eigenvalue weighted by molar-refractivity contribution is 0.835. The third-order valence-electron chi connectivity index (χ3n) is 3.34. The molecule has 0 bridgehead atoms. The van der Waals surface area contributed by atoms with E-state index in [0.29, 0.717) is 0 Å². The van der Waals surface area contributed by atoms with Crippen molar-refractivity contribution >= 4 is 17.3 Å². The summed E-state index contributed by atoms with van der Waals surface area (Å²) in [5, 5.41) is 6.83. The summed E-state index contributed by atoms with van der Waals surface area (Å²) < 4.78 is 0. The lowest BCUT2D eigenvalue weighted by atomic mass is 10.1. The van der Waals surface area contributed by atoms with Crippen LogP contribution >= 0.6 is 0 Å². The fourth-order valence-electron chi connectivity index (χ4n) is 2.51. The minimum Gasteiger partial charge on any atom is -0.326 e. The van der Waals surface area contributed by atoms with E-state index in [2.05, 4.69) is 62.4 Å². The van der Waals surface area contributed by atoms with Crippen molar-refractivity contribution in [1.29, 1.82) is 0 Å². The van der Waals surface area contributed by atoms with E-state index in [0.717, 1.165) is 17.3 Å². The Hall–Kier alpha value is -2.29. The second kappa shape index (κ2) is 7.12. The van der Waals surface area contributed by atoms with Gasteiger partial charge in [0, 0.05) is 17.4 Å². The highest BCUT2D eigenvalue weighted by atomic mass is 15.2. The third-order valence-corrected chi connectivity index (χ3v) is 3.34. The molecule has 3 nitrogen and oxygen atoms in total. The number of hydrogen-bond donors (Lipinski definition) is 2. The van der Waals surface area contributed by atoms with Gasteiger partial charge in [-0.15, -0.1) is 0 Å². The number of anilines is 2. The molecular formula is C19H25N3. The molecule has 2 rings (SSSR count). The topological polar surface area (TPSA) is 36.4 Å². The molecule has 0 fully saturated rings. The molecule has 0 aliphatic rings. The molecule has 3 heteroatoms. The van der Waals surface area contributed by atoms with Crippen molar-refractivity contribution < 1.29 is 0 Å². The first kappa shape index (κ1) is 16.1. The Bertz CT molecular complexity index is 635. The highest BCUT2D eigenvalue weighted by Gasteiger charge is 2.08. The summed E-state index contributed by atoms with van der Waals surface area (Å²) in [7, 11) is 0. The number of benzene rings is 2. The Kier molecular flexibility index (Phi) is 5.21. The number of rotatable bonds is 3. The molecule has 0 aliphatic heterocycles. The fraction of sp³-hybridized carbons (Fsp3) is 0.316. The van der Waals surface area contributed by atoms with E-state index in [1.807, 2.05) is 30.3 Å². The van der Waals surface area contributed by atoms with E-state index in [1.165, 1.54) is 16.7 Å². The van der Waals surface area contributed by atoms with Crippen LogP contribution < -0.4 is 10.6 Å². The maximum Gasteiger partial charge on any atom is 0.200 e. The SMILES string of the molecule is Cc1cc(C)c(NC(=NC(C)C)Nc2ccccc2)c(C)c1. The predicted molar refractivity (Wildman–Crippen MR) is 96.9 cm³/mol. The number of para-hydroxylation sites is 1. The molecule has 0 atom stereocenters. The van der Waals surface area contributed by atoms with Crippen molar-refractivity contribution in [3.8, 4) is 0 Å². The fourth-order valence-corrected chi connectivity index (χ4v) is 2.51. The van der Waals surface area contributed by atoms with Crippen molar-refractivity contribution in [2.75, 3.05) is 10.6 Å². The normalized spacial score (nSPS) is 11.6. The molecule has 0 saturated heterocycles. The molecule has 0 amide bonds. The van der Waals surface area contributed by atoms with Crippen molar-refractivity contribution in [3.05, 3.63) is 59.2 Å². The van der Waals surface area contributed by atoms with E-state index in [-0.39, 0.29) is 6.04 Å². The number of aryl methyl sites for hydroxylation is 3. The summed E-state index contributed by atoms with van der Waals surface area (Å²) in [5.41, 5.74) is 5.87. The Balaban J connectivity index is 2.28. The van der Waals surface area contributed by atoms with Gasteiger partial charge in [-0.2, -0.15) is 0 Å². The van der Waals surface area contributed by atoms with Crippen LogP contribution in [-0.2, 0) is 0 Å². The molecule has 2 aromatic carbocycles.